The highest BCUT2D eigenvalue weighted by Gasteiger charge is 2.13. The summed E-state index contributed by atoms with van der Waals surface area (Å²) in [5.41, 5.74) is 1.28. The molecule has 0 saturated carbocycles. The second kappa shape index (κ2) is 5.30. The molecule has 0 aromatic heterocycles. The van der Waals surface area contributed by atoms with Gasteiger partial charge in [-0.25, -0.2) is 5.01 Å². The Bertz CT molecular complexity index is 264. The second-order valence-corrected chi connectivity index (χ2v) is 2.70. The van der Waals surface area contributed by atoms with Gasteiger partial charge in [0.05, 0.1) is 0 Å². The fraction of sp³-hybridized carbons (Fsp3) is 0.400. The van der Waals surface area contributed by atoms with Gasteiger partial charge in [0.2, 0.25) is 0 Å². The Morgan fingerprint density at radius 2 is 1.92 bits per heavy atom. The van der Waals surface area contributed by atoms with E-state index < -0.39 is 0 Å². The molecule has 72 valence electrons. The molecule has 0 aromatic carbocycles. The van der Waals surface area contributed by atoms with Crippen molar-refractivity contribution in [2.24, 2.45) is 5.10 Å². The topological polar surface area (TPSA) is 32.7 Å². The van der Waals surface area contributed by atoms with Gasteiger partial charge >= 0.3 is 0 Å². The summed E-state index contributed by atoms with van der Waals surface area (Å²) in [6.45, 7) is 10.7. The second-order valence-electron chi connectivity index (χ2n) is 2.70. The van der Waals surface area contributed by atoms with Crippen LogP contribution in [0.3, 0.4) is 0 Å². The summed E-state index contributed by atoms with van der Waals surface area (Å²) in [5, 5.41) is 5.28. The maximum atomic E-state index is 11.5. The zero-order valence-corrected chi connectivity index (χ0v) is 8.66. The number of hydrazone groups is 1. The van der Waals surface area contributed by atoms with E-state index in [-0.39, 0.29) is 5.91 Å². The highest BCUT2D eigenvalue weighted by molar-refractivity contribution is 5.93. The van der Waals surface area contributed by atoms with E-state index in [1.54, 1.807) is 20.1 Å². The Kier molecular flexibility index (Phi) is 4.74. The SMILES string of the molecule is C=C(C)C(=O)N(/N=C/C)/C(C)=C\C. The van der Waals surface area contributed by atoms with Crippen LogP contribution in [0.15, 0.2) is 29.0 Å². The van der Waals surface area contributed by atoms with Crippen LogP contribution < -0.4 is 0 Å². The summed E-state index contributed by atoms with van der Waals surface area (Å²) >= 11 is 0. The number of carbonyl (C=O) groups excluding carboxylic acids is 1. The Morgan fingerprint density at radius 3 is 2.23 bits per heavy atom. The van der Waals surface area contributed by atoms with E-state index in [1.165, 1.54) is 5.01 Å². The number of amides is 1. The maximum Gasteiger partial charge on any atom is 0.273 e. The van der Waals surface area contributed by atoms with E-state index in [1.807, 2.05) is 19.9 Å². The summed E-state index contributed by atoms with van der Waals surface area (Å²) in [6.07, 6.45) is 3.40. The molecule has 0 bridgehead atoms. The molecule has 0 rings (SSSR count). The van der Waals surface area contributed by atoms with Crippen LogP contribution in [-0.2, 0) is 4.79 Å². The molecule has 13 heavy (non-hydrogen) atoms. The van der Waals surface area contributed by atoms with Crippen molar-refractivity contribution in [1.29, 1.82) is 0 Å². The van der Waals surface area contributed by atoms with Gasteiger partial charge < -0.3 is 0 Å². The normalized spacial score (nSPS) is 11.8. The zero-order chi connectivity index (χ0) is 10.4. The van der Waals surface area contributed by atoms with Gasteiger partial charge in [-0.2, -0.15) is 5.10 Å². The van der Waals surface area contributed by atoms with Crippen LogP contribution in [0.5, 0.6) is 0 Å². The van der Waals surface area contributed by atoms with E-state index in [9.17, 15) is 4.79 Å². The minimum absolute atomic E-state index is 0.172. The fourth-order valence-electron chi connectivity index (χ4n) is 0.722. The molecule has 3 heteroatoms. The molecule has 1 amide bonds. The standard InChI is InChI=1S/C10H16N2O/c1-6-9(5)12(11-7-2)10(13)8(3)4/h6-7H,3H2,1-2,4-5H3/b9-6-,11-7+. The van der Waals surface area contributed by atoms with Gasteiger partial charge in [-0.05, 0) is 27.7 Å². The minimum atomic E-state index is -0.172. The van der Waals surface area contributed by atoms with E-state index in [0.29, 0.717) is 5.57 Å². The molecule has 0 aliphatic carbocycles. The lowest BCUT2D eigenvalue weighted by Gasteiger charge is -2.16. The Labute approximate surface area is 79.4 Å². The summed E-state index contributed by atoms with van der Waals surface area (Å²) in [4.78, 5) is 11.5. The lowest BCUT2D eigenvalue weighted by Crippen LogP contribution is -2.24. The first-order valence-corrected chi connectivity index (χ1v) is 4.16. The highest BCUT2D eigenvalue weighted by atomic mass is 16.2. The number of nitrogens with zero attached hydrogens (tertiary/aromatic N) is 2. The van der Waals surface area contributed by atoms with Crippen LogP contribution in [0, 0.1) is 0 Å². The van der Waals surface area contributed by atoms with Gasteiger partial charge in [0.25, 0.3) is 5.91 Å². The quantitative estimate of drug-likeness (QED) is 0.372. The van der Waals surface area contributed by atoms with Crippen LogP contribution in [-0.4, -0.2) is 17.1 Å². The van der Waals surface area contributed by atoms with E-state index >= 15 is 0 Å². The highest BCUT2D eigenvalue weighted by Crippen LogP contribution is 2.08. The molecule has 0 aliphatic heterocycles. The smallest absolute Gasteiger partial charge is 0.267 e. The Balaban J connectivity index is 4.82. The fourth-order valence-corrected chi connectivity index (χ4v) is 0.722. The average Bonchev–Trinajstić information content (AvgIpc) is 2.11. The van der Waals surface area contributed by atoms with Crippen LogP contribution >= 0.6 is 0 Å². The number of allylic oxidation sites excluding steroid dienone is 2. The molecule has 0 spiro atoms. The molecule has 0 atom stereocenters. The lowest BCUT2D eigenvalue weighted by molar-refractivity contribution is -0.125. The van der Waals surface area contributed by atoms with Crippen LogP contribution in [0.4, 0.5) is 0 Å². The lowest BCUT2D eigenvalue weighted by atomic mass is 10.3. The number of rotatable bonds is 3. The van der Waals surface area contributed by atoms with Crippen molar-refractivity contribution in [3.8, 4) is 0 Å². The Morgan fingerprint density at radius 1 is 1.38 bits per heavy atom. The van der Waals surface area contributed by atoms with Gasteiger partial charge in [0, 0.05) is 17.5 Å². The van der Waals surface area contributed by atoms with Gasteiger partial charge in [-0.3, -0.25) is 4.79 Å². The summed E-state index contributed by atoms with van der Waals surface area (Å²) < 4.78 is 0. The van der Waals surface area contributed by atoms with Gasteiger partial charge in [-0.15, -0.1) is 0 Å². The monoisotopic (exact) mass is 180 g/mol. The van der Waals surface area contributed by atoms with Gasteiger partial charge in [-0.1, -0.05) is 12.7 Å². The van der Waals surface area contributed by atoms with Crippen LogP contribution in [0.1, 0.15) is 27.7 Å². The van der Waals surface area contributed by atoms with E-state index in [4.69, 9.17) is 0 Å². The largest absolute Gasteiger partial charge is 0.273 e. The van der Waals surface area contributed by atoms with E-state index in [2.05, 4.69) is 11.7 Å². The van der Waals surface area contributed by atoms with Crippen molar-refractivity contribution >= 4 is 12.1 Å². The van der Waals surface area contributed by atoms with Crippen molar-refractivity contribution < 1.29 is 4.79 Å². The third-order valence-corrected chi connectivity index (χ3v) is 1.54. The third kappa shape index (κ3) is 3.23. The molecule has 0 aromatic rings. The molecular formula is C10H16N2O. The first-order chi connectivity index (χ1) is 6.04. The zero-order valence-electron chi connectivity index (χ0n) is 8.66. The van der Waals surface area contributed by atoms with Gasteiger partial charge in [0.15, 0.2) is 0 Å². The molecule has 0 radical (unpaired) electrons. The average molecular weight is 180 g/mol. The van der Waals surface area contributed by atoms with Crippen molar-refractivity contribution in [2.45, 2.75) is 27.7 Å². The molecular weight excluding hydrogens is 164 g/mol. The van der Waals surface area contributed by atoms with Crippen molar-refractivity contribution in [3.05, 3.63) is 23.9 Å². The summed E-state index contributed by atoms with van der Waals surface area (Å²) in [5.74, 6) is -0.172. The Hall–Kier alpha value is -1.38. The molecule has 0 saturated heterocycles. The minimum Gasteiger partial charge on any atom is -0.267 e. The van der Waals surface area contributed by atoms with Gasteiger partial charge in [0.1, 0.15) is 0 Å². The van der Waals surface area contributed by atoms with Crippen molar-refractivity contribution in [3.63, 3.8) is 0 Å². The molecule has 0 aliphatic rings. The van der Waals surface area contributed by atoms with E-state index in [0.717, 1.165) is 5.70 Å². The molecule has 0 N–H and O–H groups in total. The van der Waals surface area contributed by atoms with Crippen molar-refractivity contribution in [1.82, 2.24) is 5.01 Å². The first kappa shape index (κ1) is 11.6. The van der Waals surface area contributed by atoms with Crippen LogP contribution in [0.2, 0.25) is 0 Å². The van der Waals surface area contributed by atoms with Crippen molar-refractivity contribution in [2.75, 3.05) is 0 Å². The van der Waals surface area contributed by atoms with Crippen LogP contribution in [0.25, 0.3) is 0 Å². The number of hydrogen-bond donors (Lipinski definition) is 0. The predicted octanol–water partition coefficient (Wildman–Crippen LogP) is 2.32. The molecule has 0 fully saturated rings. The molecule has 3 nitrogen and oxygen atoms in total. The molecule has 0 unspecified atom stereocenters. The summed E-state index contributed by atoms with van der Waals surface area (Å²) in [7, 11) is 0. The maximum absolute atomic E-state index is 11.5. The molecule has 0 heterocycles. The number of hydrogen-bond acceptors (Lipinski definition) is 2. The first-order valence-electron chi connectivity index (χ1n) is 4.16. The predicted molar refractivity (Wildman–Crippen MR) is 55.3 cm³/mol. The number of carbonyl (C=O) groups is 1. The third-order valence-electron chi connectivity index (χ3n) is 1.54. The summed E-state index contributed by atoms with van der Waals surface area (Å²) in [6, 6.07) is 0.